The molecule has 0 aliphatic heterocycles. The number of carbonyl (C=O) groups excluding carboxylic acids is 2. The first-order chi connectivity index (χ1) is 9.94. The summed E-state index contributed by atoms with van der Waals surface area (Å²) in [6.45, 7) is -0.541. The maximum absolute atomic E-state index is 11.9. The summed E-state index contributed by atoms with van der Waals surface area (Å²) in [4.78, 5) is 33.1. The molecule has 1 amide bonds. The molecule has 0 bridgehead atoms. The molecule has 114 valence electrons. The minimum absolute atomic E-state index is 0.104. The quantitative estimate of drug-likeness (QED) is 0.462. The van der Waals surface area contributed by atoms with Gasteiger partial charge in [-0.05, 0) is 0 Å². The Labute approximate surface area is 119 Å². The van der Waals surface area contributed by atoms with E-state index in [1.165, 1.54) is 21.3 Å². The highest BCUT2D eigenvalue weighted by molar-refractivity contribution is 5.96. The van der Waals surface area contributed by atoms with Crippen LogP contribution in [0.3, 0.4) is 0 Å². The molecule has 1 N–H and O–H groups in total. The molecule has 0 atom stereocenters. The van der Waals surface area contributed by atoms with Crippen LogP contribution in [-0.4, -0.2) is 44.7 Å². The Bertz CT molecular complexity index is 571. The van der Waals surface area contributed by atoms with Crippen LogP contribution in [0.25, 0.3) is 0 Å². The third kappa shape index (κ3) is 3.81. The van der Waals surface area contributed by atoms with Gasteiger partial charge in [-0.3, -0.25) is 14.9 Å². The number of carbonyl (C=O) groups is 2. The maximum atomic E-state index is 11.9. The van der Waals surface area contributed by atoms with Crippen molar-refractivity contribution in [1.29, 1.82) is 0 Å². The highest BCUT2D eigenvalue weighted by atomic mass is 16.6. The van der Waals surface area contributed by atoms with E-state index in [2.05, 4.69) is 5.32 Å². The number of rotatable bonds is 6. The van der Waals surface area contributed by atoms with Crippen LogP contribution in [0, 0.1) is 10.1 Å². The van der Waals surface area contributed by atoms with Crippen molar-refractivity contribution in [3.63, 3.8) is 0 Å². The van der Waals surface area contributed by atoms with Gasteiger partial charge in [-0.25, -0.2) is 4.79 Å². The van der Waals surface area contributed by atoms with E-state index < -0.39 is 29.1 Å². The summed E-state index contributed by atoms with van der Waals surface area (Å²) < 4.78 is 14.6. The van der Waals surface area contributed by atoms with Crippen LogP contribution in [0.4, 0.5) is 5.69 Å². The molecule has 0 aliphatic carbocycles. The lowest BCUT2D eigenvalue weighted by atomic mass is 10.1. The molecule has 0 aliphatic rings. The molecule has 0 fully saturated rings. The van der Waals surface area contributed by atoms with E-state index >= 15 is 0 Å². The van der Waals surface area contributed by atoms with Crippen molar-refractivity contribution >= 4 is 17.6 Å². The van der Waals surface area contributed by atoms with Gasteiger partial charge >= 0.3 is 5.97 Å². The molecule has 1 aromatic carbocycles. The molecule has 0 heterocycles. The molecule has 0 aromatic heterocycles. The number of nitrogens with one attached hydrogen (secondary N) is 1. The number of esters is 1. The van der Waals surface area contributed by atoms with Crippen molar-refractivity contribution in [3.8, 4) is 11.5 Å². The predicted octanol–water partition coefficient (Wildman–Crippen LogP) is 0.515. The van der Waals surface area contributed by atoms with Crippen molar-refractivity contribution in [2.24, 2.45) is 0 Å². The van der Waals surface area contributed by atoms with Gasteiger partial charge in [0.25, 0.3) is 11.6 Å². The van der Waals surface area contributed by atoms with E-state index in [0.29, 0.717) is 0 Å². The lowest BCUT2D eigenvalue weighted by Crippen LogP contribution is -2.25. The van der Waals surface area contributed by atoms with E-state index in [1.807, 2.05) is 0 Å². The van der Waals surface area contributed by atoms with E-state index in [4.69, 9.17) is 14.2 Å². The number of amides is 1. The molecule has 0 saturated carbocycles. The molecule has 9 heteroatoms. The first kappa shape index (κ1) is 16.2. The topological polar surface area (TPSA) is 117 Å². The third-order valence-electron chi connectivity index (χ3n) is 2.53. The fourth-order valence-electron chi connectivity index (χ4n) is 1.46. The Kier molecular flexibility index (Phi) is 5.47. The molecular weight excluding hydrogens is 284 g/mol. The van der Waals surface area contributed by atoms with Gasteiger partial charge in [-0.2, -0.15) is 0 Å². The number of likely N-dealkylation sites (N-methyl/N-ethyl adjacent to an activating group) is 1. The van der Waals surface area contributed by atoms with E-state index in [1.54, 1.807) is 0 Å². The van der Waals surface area contributed by atoms with Crippen LogP contribution in [0.5, 0.6) is 11.5 Å². The average molecular weight is 298 g/mol. The van der Waals surface area contributed by atoms with Crippen LogP contribution >= 0.6 is 0 Å². The summed E-state index contributed by atoms with van der Waals surface area (Å²) in [5, 5.41) is 13.3. The zero-order chi connectivity index (χ0) is 16.0. The smallest absolute Gasteiger partial charge is 0.345 e. The highest BCUT2D eigenvalue weighted by Crippen LogP contribution is 2.34. The van der Waals surface area contributed by atoms with E-state index in [-0.39, 0.29) is 17.1 Å². The Balaban J connectivity index is 3.17. The minimum atomic E-state index is -1.01. The van der Waals surface area contributed by atoms with Crippen molar-refractivity contribution in [3.05, 3.63) is 27.8 Å². The van der Waals surface area contributed by atoms with Gasteiger partial charge in [0, 0.05) is 13.1 Å². The van der Waals surface area contributed by atoms with Crippen LogP contribution < -0.4 is 14.8 Å². The number of nitrogens with zero attached hydrogens (tertiary/aromatic N) is 1. The van der Waals surface area contributed by atoms with Gasteiger partial charge < -0.3 is 19.5 Å². The number of ether oxygens (including phenoxy) is 3. The van der Waals surface area contributed by atoms with Gasteiger partial charge in [0.05, 0.1) is 25.2 Å². The van der Waals surface area contributed by atoms with Crippen molar-refractivity contribution < 1.29 is 28.7 Å². The third-order valence-corrected chi connectivity index (χ3v) is 2.53. The van der Waals surface area contributed by atoms with Gasteiger partial charge in [0.1, 0.15) is 5.56 Å². The summed E-state index contributed by atoms with van der Waals surface area (Å²) >= 11 is 0. The number of nitro benzene ring substituents is 1. The Morgan fingerprint density at radius 1 is 1.24 bits per heavy atom. The summed E-state index contributed by atoms with van der Waals surface area (Å²) in [6.07, 6.45) is 0. The summed E-state index contributed by atoms with van der Waals surface area (Å²) in [5.41, 5.74) is -0.837. The van der Waals surface area contributed by atoms with Gasteiger partial charge in [-0.15, -0.1) is 0 Å². The maximum Gasteiger partial charge on any atom is 0.345 e. The summed E-state index contributed by atoms with van der Waals surface area (Å²) in [7, 11) is 4.00. The number of benzene rings is 1. The largest absolute Gasteiger partial charge is 0.493 e. The standard InChI is InChI=1S/C12H14N2O7/c1-13-11(15)6-21-12(16)7-4-9(19-2)10(20-3)5-8(7)14(17)18/h4-5H,6H2,1-3H3,(H,13,15). The molecule has 0 spiro atoms. The zero-order valence-corrected chi connectivity index (χ0v) is 11.7. The second-order valence-electron chi connectivity index (χ2n) is 3.73. The normalized spacial score (nSPS) is 9.67. The van der Waals surface area contributed by atoms with Crippen molar-refractivity contribution in [2.75, 3.05) is 27.9 Å². The van der Waals surface area contributed by atoms with Crippen molar-refractivity contribution in [1.82, 2.24) is 5.32 Å². The Morgan fingerprint density at radius 2 is 1.81 bits per heavy atom. The highest BCUT2D eigenvalue weighted by Gasteiger charge is 2.26. The molecule has 0 radical (unpaired) electrons. The zero-order valence-electron chi connectivity index (χ0n) is 11.7. The van der Waals surface area contributed by atoms with Gasteiger partial charge in [0.2, 0.25) is 0 Å². The predicted molar refractivity (Wildman–Crippen MR) is 70.5 cm³/mol. The molecule has 21 heavy (non-hydrogen) atoms. The first-order valence-electron chi connectivity index (χ1n) is 5.72. The van der Waals surface area contributed by atoms with Gasteiger partial charge in [-0.1, -0.05) is 0 Å². The number of hydrogen-bond donors (Lipinski definition) is 1. The average Bonchev–Trinajstić information content (AvgIpc) is 2.50. The van der Waals surface area contributed by atoms with Crippen LogP contribution in [0.2, 0.25) is 0 Å². The van der Waals surface area contributed by atoms with Crippen molar-refractivity contribution in [2.45, 2.75) is 0 Å². The number of nitro groups is 1. The molecule has 9 nitrogen and oxygen atoms in total. The Morgan fingerprint density at radius 3 is 2.29 bits per heavy atom. The number of hydrogen-bond acceptors (Lipinski definition) is 7. The summed E-state index contributed by atoms with van der Waals surface area (Å²) in [6, 6.07) is 2.18. The Hall–Kier alpha value is -2.84. The second-order valence-corrected chi connectivity index (χ2v) is 3.73. The first-order valence-corrected chi connectivity index (χ1v) is 5.72. The second kappa shape index (κ2) is 7.08. The number of methoxy groups -OCH3 is 2. The van der Waals surface area contributed by atoms with Crippen LogP contribution in [0.15, 0.2) is 12.1 Å². The van der Waals surface area contributed by atoms with E-state index in [9.17, 15) is 19.7 Å². The lowest BCUT2D eigenvalue weighted by molar-refractivity contribution is -0.385. The molecule has 0 unspecified atom stereocenters. The lowest BCUT2D eigenvalue weighted by Gasteiger charge is -2.10. The molecule has 1 rings (SSSR count). The van der Waals surface area contributed by atoms with E-state index in [0.717, 1.165) is 12.1 Å². The van der Waals surface area contributed by atoms with Gasteiger partial charge in [0.15, 0.2) is 18.1 Å². The molecular formula is C12H14N2O7. The fraction of sp³-hybridized carbons (Fsp3) is 0.333. The monoisotopic (exact) mass is 298 g/mol. The van der Waals surface area contributed by atoms with Crippen LogP contribution in [0.1, 0.15) is 10.4 Å². The minimum Gasteiger partial charge on any atom is -0.493 e. The van der Waals surface area contributed by atoms with Crippen LogP contribution in [-0.2, 0) is 9.53 Å². The fourth-order valence-corrected chi connectivity index (χ4v) is 1.46. The SMILES string of the molecule is CNC(=O)COC(=O)c1cc(OC)c(OC)cc1[N+](=O)[O-]. The molecule has 1 aromatic rings. The summed E-state index contributed by atoms with van der Waals surface area (Å²) in [5.74, 6) is -1.31. The molecule has 0 saturated heterocycles.